The van der Waals surface area contributed by atoms with Crippen molar-refractivity contribution in [2.45, 2.75) is 26.7 Å². The number of ether oxygens (including phenoxy) is 1. The first-order valence-corrected chi connectivity index (χ1v) is 4.69. The topological polar surface area (TPSA) is 43.4 Å². The van der Waals surface area contributed by atoms with Gasteiger partial charge in [-0.1, -0.05) is 13.8 Å². The molecule has 1 fully saturated rings. The molecule has 3 nitrogen and oxygen atoms in total. The molecule has 0 spiro atoms. The van der Waals surface area contributed by atoms with Crippen molar-refractivity contribution in [2.24, 2.45) is 17.8 Å². The lowest BCUT2D eigenvalue weighted by Crippen LogP contribution is -2.40. The van der Waals surface area contributed by atoms with E-state index in [1.54, 1.807) is 0 Å². The lowest BCUT2D eigenvalue weighted by molar-refractivity contribution is -0.156. The van der Waals surface area contributed by atoms with Crippen molar-refractivity contribution in [1.29, 1.82) is 0 Å². The Hall–Kier alpha value is -0.860. The minimum atomic E-state index is -0.231. The molecule has 0 bridgehead atoms. The van der Waals surface area contributed by atoms with Gasteiger partial charge in [0.1, 0.15) is 5.78 Å². The van der Waals surface area contributed by atoms with Crippen LogP contribution in [0.15, 0.2) is 0 Å². The SMILES string of the molecule is COC(=O)[C@H]1CC[C@H]1C(=O)C(C)C. The molecule has 13 heavy (non-hydrogen) atoms. The third-order valence-corrected chi connectivity index (χ3v) is 2.71. The molecule has 74 valence electrons. The monoisotopic (exact) mass is 184 g/mol. The highest BCUT2D eigenvalue weighted by atomic mass is 16.5. The Morgan fingerprint density at radius 2 is 1.77 bits per heavy atom. The summed E-state index contributed by atoms with van der Waals surface area (Å²) < 4.78 is 4.62. The fourth-order valence-electron chi connectivity index (χ4n) is 1.70. The molecule has 0 N–H and O–H groups in total. The molecule has 2 atom stereocenters. The molecule has 1 saturated carbocycles. The maximum absolute atomic E-state index is 11.5. The summed E-state index contributed by atoms with van der Waals surface area (Å²) in [5.41, 5.74) is 0. The molecule has 0 unspecified atom stereocenters. The van der Waals surface area contributed by atoms with Crippen molar-refractivity contribution in [3.8, 4) is 0 Å². The van der Waals surface area contributed by atoms with Crippen LogP contribution in [0.1, 0.15) is 26.7 Å². The maximum atomic E-state index is 11.5. The van der Waals surface area contributed by atoms with Crippen LogP contribution < -0.4 is 0 Å². The van der Waals surface area contributed by atoms with E-state index in [1.165, 1.54) is 7.11 Å². The fraction of sp³-hybridized carbons (Fsp3) is 0.800. The van der Waals surface area contributed by atoms with Gasteiger partial charge in [0.05, 0.1) is 13.0 Å². The van der Waals surface area contributed by atoms with E-state index in [-0.39, 0.29) is 29.5 Å². The summed E-state index contributed by atoms with van der Waals surface area (Å²) in [6.07, 6.45) is 1.65. The number of methoxy groups -OCH3 is 1. The van der Waals surface area contributed by atoms with Gasteiger partial charge in [0.25, 0.3) is 0 Å². The smallest absolute Gasteiger partial charge is 0.309 e. The molecule has 0 saturated heterocycles. The number of hydrogen-bond donors (Lipinski definition) is 0. The standard InChI is InChI=1S/C10H16O3/c1-6(2)9(11)7-4-5-8(7)10(12)13-3/h6-8H,4-5H2,1-3H3/t7-,8+/m1/s1. The highest BCUT2D eigenvalue weighted by Gasteiger charge is 2.42. The molecule has 0 amide bonds. The zero-order valence-corrected chi connectivity index (χ0v) is 8.37. The summed E-state index contributed by atoms with van der Waals surface area (Å²) in [4.78, 5) is 22.7. The van der Waals surface area contributed by atoms with Crippen LogP contribution in [0.3, 0.4) is 0 Å². The molecule has 0 radical (unpaired) electrons. The minimum Gasteiger partial charge on any atom is -0.469 e. The average Bonchev–Trinajstić information content (AvgIpc) is 2.01. The van der Waals surface area contributed by atoms with E-state index in [4.69, 9.17) is 0 Å². The third-order valence-electron chi connectivity index (χ3n) is 2.71. The second-order valence-electron chi connectivity index (χ2n) is 3.87. The van der Waals surface area contributed by atoms with Crippen LogP contribution in [0.25, 0.3) is 0 Å². The van der Waals surface area contributed by atoms with Gasteiger partial charge in [-0.15, -0.1) is 0 Å². The van der Waals surface area contributed by atoms with Crippen LogP contribution in [-0.4, -0.2) is 18.9 Å². The van der Waals surface area contributed by atoms with Crippen molar-refractivity contribution >= 4 is 11.8 Å². The van der Waals surface area contributed by atoms with Crippen molar-refractivity contribution in [3.05, 3.63) is 0 Å². The number of Topliss-reactive ketones (excluding diaryl/α,β-unsaturated/α-hetero) is 1. The van der Waals surface area contributed by atoms with Crippen molar-refractivity contribution in [2.75, 3.05) is 7.11 Å². The summed E-state index contributed by atoms with van der Waals surface area (Å²) in [5, 5.41) is 0. The van der Waals surface area contributed by atoms with Crippen LogP contribution in [0.4, 0.5) is 0 Å². The number of carbonyl (C=O) groups excluding carboxylic acids is 2. The molecule has 0 aliphatic heterocycles. The lowest BCUT2D eigenvalue weighted by Gasteiger charge is -2.34. The number of esters is 1. The van der Waals surface area contributed by atoms with E-state index in [0.717, 1.165) is 12.8 Å². The largest absolute Gasteiger partial charge is 0.469 e. The number of ketones is 1. The van der Waals surface area contributed by atoms with E-state index < -0.39 is 0 Å². The minimum absolute atomic E-state index is 0.0254. The Morgan fingerprint density at radius 3 is 2.08 bits per heavy atom. The molecule has 1 aliphatic carbocycles. The highest BCUT2D eigenvalue weighted by Crippen LogP contribution is 2.37. The molecule has 0 aromatic rings. The first kappa shape index (κ1) is 10.2. The zero-order valence-electron chi connectivity index (χ0n) is 8.37. The van der Waals surface area contributed by atoms with E-state index >= 15 is 0 Å². The van der Waals surface area contributed by atoms with Crippen molar-refractivity contribution in [3.63, 3.8) is 0 Å². The second kappa shape index (κ2) is 3.90. The van der Waals surface area contributed by atoms with Crippen LogP contribution in [0.2, 0.25) is 0 Å². The van der Waals surface area contributed by atoms with E-state index in [2.05, 4.69) is 4.74 Å². The van der Waals surface area contributed by atoms with Gasteiger partial charge in [-0.3, -0.25) is 9.59 Å². The van der Waals surface area contributed by atoms with Gasteiger partial charge in [-0.2, -0.15) is 0 Å². The van der Waals surface area contributed by atoms with E-state index in [1.807, 2.05) is 13.8 Å². The first-order chi connectivity index (χ1) is 6.07. The highest BCUT2D eigenvalue weighted by molar-refractivity contribution is 5.89. The lowest BCUT2D eigenvalue weighted by atomic mass is 9.69. The first-order valence-electron chi connectivity index (χ1n) is 4.69. The Kier molecular flexibility index (Phi) is 3.07. The summed E-state index contributed by atoms with van der Waals surface area (Å²) >= 11 is 0. The van der Waals surface area contributed by atoms with Gasteiger partial charge in [0.2, 0.25) is 0 Å². The van der Waals surface area contributed by atoms with Gasteiger partial charge >= 0.3 is 5.97 Å². The third kappa shape index (κ3) is 1.90. The maximum Gasteiger partial charge on any atom is 0.309 e. The van der Waals surface area contributed by atoms with Crippen LogP contribution in [0, 0.1) is 17.8 Å². The predicted octanol–water partition coefficient (Wildman–Crippen LogP) is 1.41. The number of hydrogen-bond acceptors (Lipinski definition) is 3. The average molecular weight is 184 g/mol. The zero-order chi connectivity index (χ0) is 10.0. The molecule has 0 aromatic heterocycles. The molecule has 3 heteroatoms. The Morgan fingerprint density at radius 1 is 1.23 bits per heavy atom. The molecular weight excluding hydrogens is 168 g/mol. The van der Waals surface area contributed by atoms with E-state index in [0.29, 0.717) is 0 Å². The summed E-state index contributed by atoms with van der Waals surface area (Å²) in [5.74, 6) is -0.253. The van der Waals surface area contributed by atoms with E-state index in [9.17, 15) is 9.59 Å². The van der Waals surface area contributed by atoms with Gasteiger partial charge in [0, 0.05) is 11.8 Å². The second-order valence-corrected chi connectivity index (χ2v) is 3.87. The molecule has 0 heterocycles. The van der Waals surface area contributed by atoms with Crippen molar-refractivity contribution < 1.29 is 14.3 Å². The summed E-state index contributed by atoms with van der Waals surface area (Å²) in [6.45, 7) is 3.74. The van der Waals surface area contributed by atoms with Crippen molar-refractivity contribution in [1.82, 2.24) is 0 Å². The normalized spacial score (nSPS) is 26.8. The molecule has 1 aliphatic rings. The predicted molar refractivity (Wildman–Crippen MR) is 48.1 cm³/mol. The number of carbonyl (C=O) groups is 2. The number of rotatable bonds is 3. The van der Waals surface area contributed by atoms with Gasteiger partial charge in [0.15, 0.2) is 0 Å². The van der Waals surface area contributed by atoms with Crippen LogP contribution in [0.5, 0.6) is 0 Å². The summed E-state index contributed by atoms with van der Waals surface area (Å²) in [7, 11) is 1.37. The quantitative estimate of drug-likeness (QED) is 0.623. The Labute approximate surface area is 78.5 Å². The van der Waals surface area contributed by atoms with Crippen LogP contribution in [-0.2, 0) is 14.3 Å². The molecule has 1 rings (SSSR count). The van der Waals surface area contributed by atoms with Crippen LogP contribution >= 0.6 is 0 Å². The van der Waals surface area contributed by atoms with Gasteiger partial charge in [-0.25, -0.2) is 0 Å². The molecule has 0 aromatic carbocycles. The Bertz CT molecular complexity index is 220. The Balaban J connectivity index is 2.54. The van der Waals surface area contributed by atoms with Gasteiger partial charge in [-0.05, 0) is 12.8 Å². The fourth-order valence-corrected chi connectivity index (χ4v) is 1.70. The summed E-state index contributed by atoms with van der Waals surface area (Å²) in [6, 6.07) is 0. The van der Waals surface area contributed by atoms with Gasteiger partial charge < -0.3 is 4.74 Å². The molecular formula is C10H16O3.